The molecule has 3 aromatic rings. The minimum Gasteiger partial charge on any atom is -0.349 e. The topological polar surface area (TPSA) is 90.0 Å². The van der Waals surface area contributed by atoms with Gasteiger partial charge < -0.3 is 5.32 Å². The third-order valence-electron chi connectivity index (χ3n) is 3.15. The monoisotopic (exact) mass is 353 g/mol. The van der Waals surface area contributed by atoms with E-state index in [0.717, 1.165) is 0 Å². The number of aromatic nitrogens is 6. The summed E-state index contributed by atoms with van der Waals surface area (Å²) in [4.78, 5) is 20.1. The molecule has 0 spiro atoms. The largest absolute Gasteiger partial charge is 0.349 e. The van der Waals surface area contributed by atoms with Crippen LogP contribution in [-0.2, 0) is 6.54 Å². The van der Waals surface area contributed by atoms with E-state index < -0.39 is 0 Å². The van der Waals surface area contributed by atoms with Crippen molar-refractivity contribution in [1.29, 1.82) is 0 Å². The summed E-state index contributed by atoms with van der Waals surface area (Å²) in [5.74, 6) is 0.113. The van der Waals surface area contributed by atoms with Crippen molar-refractivity contribution in [2.24, 2.45) is 0 Å². The van der Waals surface area contributed by atoms with Crippen LogP contribution in [0.15, 0.2) is 18.5 Å². The normalized spacial score (nSPS) is 11.1. The zero-order chi connectivity index (χ0) is 16.4. The van der Waals surface area contributed by atoms with E-state index >= 15 is 0 Å². The lowest BCUT2D eigenvalue weighted by molar-refractivity contribution is 0.0942. The molecule has 0 bridgehead atoms. The van der Waals surface area contributed by atoms with E-state index in [1.54, 1.807) is 30.1 Å². The van der Waals surface area contributed by atoms with Crippen LogP contribution in [0.25, 0.3) is 5.78 Å². The standard InChI is InChI=1S/C13H13Cl2N7O/c1-8-9(14)10(15)21(19-8)6-2-4-16-12(23)11-18-13-17-5-3-7-22(13)20-11/h3,5,7H,2,4,6H2,1H3,(H,16,23). The zero-order valence-electron chi connectivity index (χ0n) is 12.2. The van der Waals surface area contributed by atoms with E-state index in [9.17, 15) is 4.79 Å². The maximum atomic E-state index is 12.0. The number of fused-ring (bicyclic) bond motifs is 1. The van der Waals surface area contributed by atoms with Gasteiger partial charge in [0.25, 0.3) is 11.7 Å². The molecule has 3 aromatic heterocycles. The van der Waals surface area contributed by atoms with Crippen LogP contribution < -0.4 is 5.32 Å². The van der Waals surface area contributed by atoms with Crippen LogP contribution in [-0.4, -0.2) is 41.8 Å². The van der Waals surface area contributed by atoms with Crippen LogP contribution in [0.1, 0.15) is 22.7 Å². The number of carbonyl (C=O) groups excluding carboxylic acids is 1. The lowest BCUT2D eigenvalue weighted by atomic mass is 10.4. The fourth-order valence-corrected chi connectivity index (χ4v) is 2.41. The van der Waals surface area contributed by atoms with Crippen molar-refractivity contribution in [3.05, 3.63) is 40.2 Å². The minimum atomic E-state index is -0.351. The molecule has 3 heterocycles. The quantitative estimate of drug-likeness (QED) is 0.705. The van der Waals surface area contributed by atoms with Crippen LogP contribution in [0.3, 0.4) is 0 Å². The molecule has 23 heavy (non-hydrogen) atoms. The van der Waals surface area contributed by atoms with Crippen molar-refractivity contribution in [3.63, 3.8) is 0 Å². The Labute approximate surface area is 141 Å². The molecule has 0 saturated heterocycles. The molecular formula is C13H13Cl2N7O. The van der Waals surface area contributed by atoms with Gasteiger partial charge in [-0.15, -0.1) is 5.10 Å². The van der Waals surface area contributed by atoms with Crippen LogP contribution in [0, 0.1) is 6.92 Å². The second-order valence-corrected chi connectivity index (χ2v) is 5.56. The molecule has 10 heteroatoms. The van der Waals surface area contributed by atoms with E-state index in [0.29, 0.717) is 41.2 Å². The Morgan fingerprint density at radius 1 is 1.35 bits per heavy atom. The molecule has 0 aliphatic carbocycles. The summed E-state index contributed by atoms with van der Waals surface area (Å²) in [5, 5.41) is 11.9. The fraction of sp³-hybridized carbons (Fsp3) is 0.308. The Morgan fingerprint density at radius 3 is 2.87 bits per heavy atom. The Morgan fingerprint density at radius 2 is 2.17 bits per heavy atom. The molecule has 0 saturated carbocycles. The summed E-state index contributed by atoms with van der Waals surface area (Å²) < 4.78 is 3.06. The van der Waals surface area contributed by atoms with Crippen molar-refractivity contribution in [2.75, 3.05) is 6.54 Å². The highest BCUT2D eigenvalue weighted by Crippen LogP contribution is 2.24. The molecule has 0 aromatic carbocycles. The van der Waals surface area contributed by atoms with Gasteiger partial charge in [0, 0.05) is 25.5 Å². The van der Waals surface area contributed by atoms with Crippen molar-refractivity contribution in [2.45, 2.75) is 19.9 Å². The first-order valence-electron chi connectivity index (χ1n) is 6.90. The Hall–Kier alpha value is -2.19. The van der Waals surface area contributed by atoms with E-state index in [2.05, 4.69) is 25.5 Å². The summed E-state index contributed by atoms with van der Waals surface area (Å²) >= 11 is 12.0. The molecular weight excluding hydrogens is 341 g/mol. The number of hydrogen-bond acceptors (Lipinski definition) is 5. The number of aryl methyl sites for hydroxylation is 2. The van der Waals surface area contributed by atoms with Crippen molar-refractivity contribution in [3.8, 4) is 0 Å². The molecule has 0 atom stereocenters. The smallest absolute Gasteiger partial charge is 0.291 e. The van der Waals surface area contributed by atoms with Crippen molar-refractivity contribution < 1.29 is 4.79 Å². The predicted molar refractivity (Wildman–Crippen MR) is 84.7 cm³/mol. The number of rotatable bonds is 5. The van der Waals surface area contributed by atoms with E-state index in [1.165, 1.54) is 4.52 Å². The van der Waals surface area contributed by atoms with Gasteiger partial charge in [0.15, 0.2) is 0 Å². The SMILES string of the molecule is Cc1nn(CCCNC(=O)c2nc3ncccn3n2)c(Cl)c1Cl. The average molecular weight is 354 g/mol. The maximum absolute atomic E-state index is 12.0. The molecule has 0 aliphatic heterocycles. The lowest BCUT2D eigenvalue weighted by Gasteiger charge is -2.04. The molecule has 1 amide bonds. The van der Waals surface area contributed by atoms with Gasteiger partial charge in [-0.1, -0.05) is 23.2 Å². The highest BCUT2D eigenvalue weighted by Gasteiger charge is 2.13. The number of amides is 1. The molecule has 8 nitrogen and oxygen atoms in total. The van der Waals surface area contributed by atoms with Gasteiger partial charge in [-0.2, -0.15) is 10.1 Å². The van der Waals surface area contributed by atoms with Gasteiger partial charge >= 0.3 is 0 Å². The third kappa shape index (κ3) is 3.27. The molecule has 0 radical (unpaired) electrons. The lowest BCUT2D eigenvalue weighted by Crippen LogP contribution is -2.26. The Bertz CT molecular complexity index is 824. The number of carbonyl (C=O) groups is 1. The maximum Gasteiger partial charge on any atom is 0.291 e. The van der Waals surface area contributed by atoms with Crippen LogP contribution >= 0.6 is 23.2 Å². The molecule has 120 valence electrons. The summed E-state index contributed by atoms with van der Waals surface area (Å²) in [6.07, 6.45) is 3.92. The van der Waals surface area contributed by atoms with Crippen molar-refractivity contribution in [1.82, 2.24) is 34.7 Å². The molecule has 0 unspecified atom stereocenters. The summed E-state index contributed by atoms with van der Waals surface area (Å²) in [5.41, 5.74) is 0.683. The zero-order valence-corrected chi connectivity index (χ0v) is 13.7. The number of hydrogen-bond donors (Lipinski definition) is 1. The van der Waals surface area contributed by atoms with Gasteiger partial charge in [-0.3, -0.25) is 9.48 Å². The second-order valence-electron chi connectivity index (χ2n) is 4.82. The van der Waals surface area contributed by atoms with Gasteiger partial charge in [-0.25, -0.2) is 9.50 Å². The van der Waals surface area contributed by atoms with Gasteiger partial charge in [0.2, 0.25) is 5.82 Å². The van der Waals surface area contributed by atoms with Crippen LogP contribution in [0.2, 0.25) is 10.2 Å². The highest BCUT2D eigenvalue weighted by atomic mass is 35.5. The first kappa shape index (κ1) is 15.7. The Kier molecular flexibility index (Phi) is 4.44. The first-order chi connectivity index (χ1) is 11.1. The van der Waals surface area contributed by atoms with E-state index in [4.69, 9.17) is 23.2 Å². The van der Waals surface area contributed by atoms with Gasteiger partial charge in [-0.05, 0) is 19.4 Å². The number of nitrogens with one attached hydrogen (secondary N) is 1. The number of nitrogens with zero attached hydrogens (tertiary/aromatic N) is 6. The minimum absolute atomic E-state index is 0.0831. The molecule has 0 aliphatic rings. The van der Waals surface area contributed by atoms with Crippen LogP contribution in [0.4, 0.5) is 0 Å². The van der Waals surface area contributed by atoms with E-state index in [-0.39, 0.29) is 11.7 Å². The fourth-order valence-electron chi connectivity index (χ4n) is 2.02. The third-order valence-corrected chi connectivity index (χ3v) is 4.08. The predicted octanol–water partition coefficient (Wildman–Crippen LogP) is 1.76. The molecule has 0 fully saturated rings. The van der Waals surface area contributed by atoms with Gasteiger partial charge in [0.05, 0.1) is 5.69 Å². The summed E-state index contributed by atoms with van der Waals surface area (Å²) in [6.45, 7) is 2.77. The summed E-state index contributed by atoms with van der Waals surface area (Å²) in [6, 6.07) is 1.71. The second kappa shape index (κ2) is 6.51. The van der Waals surface area contributed by atoms with Crippen molar-refractivity contribution >= 4 is 34.9 Å². The Balaban J connectivity index is 1.54. The van der Waals surface area contributed by atoms with Crippen LogP contribution in [0.5, 0.6) is 0 Å². The van der Waals surface area contributed by atoms with E-state index in [1.807, 2.05) is 0 Å². The highest BCUT2D eigenvalue weighted by molar-refractivity contribution is 6.41. The summed E-state index contributed by atoms with van der Waals surface area (Å²) in [7, 11) is 0. The molecule has 1 N–H and O–H groups in total. The molecule has 3 rings (SSSR count). The average Bonchev–Trinajstić information content (AvgIpc) is 3.08. The number of halogens is 2. The first-order valence-corrected chi connectivity index (χ1v) is 7.66. The van der Waals surface area contributed by atoms with Gasteiger partial charge in [0.1, 0.15) is 10.2 Å².